The molecule has 1 saturated heterocycles. The maximum Gasteiger partial charge on any atom is 0.244 e. The predicted molar refractivity (Wildman–Crippen MR) is 99.1 cm³/mol. The molecule has 0 atom stereocenters. The number of nitrogens with zero attached hydrogens (tertiary/aromatic N) is 3. The van der Waals surface area contributed by atoms with Crippen molar-refractivity contribution in [3.05, 3.63) is 51.7 Å². The van der Waals surface area contributed by atoms with Crippen LogP contribution < -0.4 is 4.90 Å². The second-order valence-corrected chi connectivity index (χ2v) is 8.82. The van der Waals surface area contributed by atoms with Crippen LogP contribution in [0.2, 0.25) is 5.15 Å². The molecular weight excluding hydrogens is 414 g/mol. The number of halogens is 2. The number of piperazine rings is 1. The predicted octanol–water partition coefficient (Wildman–Crippen LogP) is 3.32. The summed E-state index contributed by atoms with van der Waals surface area (Å²) in [4.78, 5) is 6.27. The molecule has 1 fully saturated rings. The molecule has 0 radical (unpaired) electrons. The molecule has 0 bridgehead atoms. The fourth-order valence-electron chi connectivity index (χ4n) is 2.71. The van der Waals surface area contributed by atoms with E-state index in [4.69, 9.17) is 11.6 Å². The zero-order valence-electron chi connectivity index (χ0n) is 13.1. The first-order valence-electron chi connectivity index (χ1n) is 7.51. The Bertz CT molecular complexity index is 852. The molecule has 5 nitrogen and oxygen atoms in total. The number of sulfonamides is 1. The maximum atomic E-state index is 12.8. The Labute approximate surface area is 155 Å². The highest BCUT2D eigenvalue weighted by atomic mass is 79.9. The first-order valence-corrected chi connectivity index (χ1v) is 10.1. The van der Waals surface area contributed by atoms with Gasteiger partial charge in [0.2, 0.25) is 10.0 Å². The van der Waals surface area contributed by atoms with Crippen molar-refractivity contribution in [3.63, 3.8) is 0 Å². The summed E-state index contributed by atoms with van der Waals surface area (Å²) in [5, 5.41) is 0.248. The number of aromatic nitrogens is 1. The Balaban J connectivity index is 1.74. The van der Waals surface area contributed by atoms with Gasteiger partial charge >= 0.3 is 0 Å². The second kappa shape index (κ2) is 7.00. The molecule has 1 aromatic heterocycles. The fraction of sp³-hybridized carbons (Fsp3) is 0.312. The molecule has 24 heavy (non-hydrogen) atoms. The molecule has 1 aliphatic rings. The molecule has 1 aliphatic heterocycles. The summed E-state index contributed by atoms with van der Waals surface area (Å²) in [7, 11) is -3.56. The molecule has 2 aromatic rings. The van der Waals surface area contributed by atoms with Crippen LogP contribution in [-0.4, -0.2) is 43.9 Å². The lowest BCUT2D eigenvalue weighted by molar-refractivity contribution is 0.384. The molecule has 128 valence electrons. The van der Waals surface area contributed by atoms with Crippen molar-refractivity contribution >= 4 is 43.2 Å². The lowest BCUT2D eigenvalue weighted by atomic mass is 10.2. The zero-order chi connectivity index (χ0) is 17.3. The number of rotatable bonds is 3. The van der Waals surface area contributed by atoms with Crippen molar-refractivity contribution < 1.29 is 8.42 Å². The van der Waals surface area contributed by atoms with Crippen molar-refractivity contribution in [3.8, 4) is 0 Å². The molecular formula is C16H17BrClN3O2S. The van der Waals surface area contributed by atoms with E-state index < -0.39 is 10.0 Å². The van der Waals surface area contributed by atoms with Crippen LogP contribution in [0.5, 0.6) is 0 Å². The highest BCUT2D eigenvalue weighted by Crippen LogP contribution is 2.26. The molecule has 3 rings (SSSR count). The fourth-order valence-corrected chi connectivity index (χ4v) is 4.70. The van der Waals surface area contributed by atoms with Gasteiger partial charge in [-0.25, -0.2) is 13.4 Å². The maximum absolute atomic E-state index is 12.8. The van der Waals surface area contributed by atoms with Crippen LogP contribution in [0.3, 0.4) is 0 Å². The number of aryl methyl sites for hydroxylation is 1. The van der Waals surface area contributed by atoms with Gasteiger partial charge < -0.3 is 4.90 Å². The topological polar surface area (TPSA) is 53.5 Å². The van der Waals surface area contributed by atoms with Gasteiger partial charge in [-0.3, -0.25) is 0 Å². The summed E-state index contributed by atoms with van der Waals surface area (Å²) in [6, 6.07) is 9.74. The second-order valence-electron chi connectivity index (χ2n) is 5.67. The van der Waals surface area contributed by atoms with Gasteiger partial charge in [0.1, 0.15) is 10.0 Å². The van der Waals surface area contributed by atoms with Crippen molar-refractivity contribution in [2.24, 2.45) is 0 Å². The third kappa shape index (κ3) is 3.59. The van der Waals surface area contributed by atoms with Crippen LogP contribution >= 0.6 is 27.5 Å². The van der Waals surface area contributed by atoms with Gasteiger partial charge in [0, 0.05) is 38.1 Å². The van der Waals surface area contributed by atoms with E-state index in [1.165, 1.54) is 22.1 Å². The van der Waals surface area contributed by atoms with Crippen LogP contribution in [0, 0.1) is 6.92 Å². The molecule has 0 amide bonds. The number of anilines is 1. The lowest BCUT2D eigenvalue weighted by Gasteiger charge is -2.35. The van der Waals surface area contributed by atoms with Crippen molar-refractivity contribution in [1.82, 2.24) is 9.29 Å². The van der Waals surface area contributed by atoms with Crippen LogP contribution in [0.4, 0.5) is 5.69 Å². The molecule has 1 aromatic carbocycles. The van der Waals surface area contributed by atoms with Gasteiger partial charge in [0.25, 0.3) is 0 Å². The van der Waals surface area contributed by atoms with Crippen LogP contribution in [0.1, 0.15) is 5.56 Å². The Hall–Kier alpha value is -1.15. The average Bonchev–Trinajstić information content (AvgIpc) is 2.57. The Morgan fingerprint density at radius 3 is 2.50 bits per heavy atom. The van der Waals surface area contributed by atoms with Gasteiger partial charge in [-0.15, -0.1) is 0 Å². The standard InChI is InChI=1S/C16H17BrClN3O2S/c1-12-3-2-4-13(9-12)20-5-7-21(8-6-20)24(22,23)14-10-15(17)16(18)19-11-14/h2-4,9-11H,5-8H2,1H3. The summed E-state index contributed by atoms with van der Waals surface area (Å²) in [6.45, 7) is 4.25. The number of pyridine rings is 1. The minimum Gasteiger partial charge on any atom is -0.369 e. The highest BCUT2D eigenvalue weighted by Gasteiger charge is 2.29. The summed E-state index contributed by atoms with van der Waals surface area (Å²) in [5.74, 6) is 0. The summed E-state index contributed by atoms with van der Waals surface area (Å²) in [6.07, 6.45) is 1.30. The van der Waals surface area contributed by atoms with E-state index in [9.17, 15) is 8.42 Å². The summed E-state index contributed by atoms with van der Waals surface area (Å²) < 4.78 is 27.5. The van der Waals surface area contributed by atoms with E-state index in [1.807, 2.05) is 6.07 Å². The molecule has 0 saturated carbocycles. The third-order valence-electron chi connectivity index (χ3n) is 4.01. The third-order valence-corrected chi connectivity index (χ3v) is 7.01. The average molecular weight is 431 g/mol. The van der Waals surface area contributed by atoms with Crippen LogP contribution in [0.15, 0.2) is 45.9 Å². The Morgan fingerprint density at radius 2 is 1.88 bits per heavy atom. The smallest absolute Gasteiger partial charge is 0.244 e. The van der Waals surface area contributed by atoms with E-state index in [-0.39, 0.29) is 10.0 Å². The van der Waals surface area contributed by atoms with E-state index in [2.05, 4.69) is 50.9 Å². The number of hydrogen-bond donors (Lipinski definition) is 0. The molecule has 0 unspecified atom stereocenters. The lowest BCUT2D eigenvalue weighted by Crippen LogP contribution is -2.48. The van der Waals surface area contributed by atoms with Gasteiger partial charge in [-0.05, 0) is 46.6 Å². The van der Waals surface area contributed by atoms with Gasteiger partial charge in [0.15, 0.2) is 0 Å². The first kappa shape index (κ1) is 17.7. The van der Waals surface area contributed by atoms with Gasteiger partial charge in [-0.2, -0.15) is 4.31 Å². The molecule has 0 spiro atoms. The van der Waals surface area contributed by atoms with Crippen LogP contribution in [0.25, 0.3) is 0 Å². The van der Waals surface area contributed by atoms with E-state index in [0.717, 1.165) is 5.69 Å². The normalized spacial score (nSPS) is 16.4. The largest absolute Gasteiger partial charge is 0.369 e. The van der Waals surface area contributed by atoms with Crippen molar-refractivity contribution in [2.75, 3.05) is 31.1 Å². The Morgan fingerprint density at radius 1 is 1.17 bits per heavy atom. The molecule has 8 heteroatoms. The van der Waals surface area contributed by atoms with E-state index >= 15 is 0 Å². The van der Waals surface area contributed by atoms with Gasteiger partial charge in [0.05, 0.1) is 4.47 Å². The summed E-state index contributed by atoms with van der Waals surface area (Å²) in [5.41, 5.74) is 2.32. The van der Waals surface area contributed by atoms with E-state index in [0.29, 0.717) is 30.7 Å². The van der Waals surface area contributed by atoms with Crippen LogP contribution in [-0.2, 0) is 10.0 Å². The monoisotopic (exact) mass is 429 g/mol. The number of benzene rings is 1. The highest BCUT2D eigenvalue weighted by molar-refractivity contribution is 9.10. The molecule has 2 heterocycles. The molecule has 0 N–H and O–H groups in total. The SMILES string of the molecule is Cc1cccc(N2CCN(S(=O)(=O)c3cnc(Cl)c(Br)c3)CC2)c1. The Kier molecular flexibility index (Phi) is 5.15. The quantitative estimate of drug-likeness (QED) is 0.701. The van der Waals surface area contributed by atoms with E-state index in [1.54, 1.807) is 0 Å². The minimum absolute atomic E-state index is 0.155. The van der Waals surface area contributed by atoms with Crippen molar-refractivity contribution in [2.45, 2.75) is 11.8 Å². The number of hydrogen-bond acceptors (Lipinski definition) is 4. The van der Waals surface area contributed by atoms with Crippen molar-refractivity contribution in [1.29, 1.82) is 0 Å². The zero-order valence-corrected chi connectivity index (χ0v) is 16.3. The molecule has 0 aliphatic carbocycles. The minimum atomic E-state index is -3.56. The summed E-state index contributed by atoms with van der Waals surface area (Å²) >= 11 is 9.07. The van der Waals surface area contributed by atoms with Gasteiger partial charge in [-0.1, -0.05) is 23.7 Å². The first-order chi connectivity index (χ1) is 11.4.